The molecule has 3 heteroatoms. The highest BCUT2D eigenvalue weighted by Gasteiger charge is 2.55. The largest absolute Gasteiger partial charge is 0.498 e. The van der Waals surface area contributed by atoms with Gasteiger partial charge in [0.05, 0.1) is 24.4 Å². The van der Waals surface area contributed by atoms with Gasteiger partial charge in [-0.1, -0.05) is 228 Å². The van der Waals surface area contributed by atoms with Gasteiger partial charge in [-0.25, -0.2) is 0 Å². The maximum atomic E-state index is 6.72. The molecule has 12 atom stereocenters. The van der Waals surface area contributed by atoms with E-state index in [1.165, 1.54) is 118 Å². The van der Waals surface area contributed by atoms with E-state index in [0.29, 0.717) is 47.3 Å². The smallest absolute Gasteiger partial charge is 0.0923 e. The van der Waals surface area contributed by atoms with Crippen molar-refractivity contribution in [3.63, 3.8) is 0 Å². The van der Waals surface area contributed by atoms with E-state index in [4.69, 9.17) is 4.74 Å². The Balaban J connectivity index is 0.697. The van der Waals surface area contributed by atoms with E-state index in [-0.39, 0.29) is 17.5 Å². The quantitative estimate of drug-likeness (QED) is 0.0814. The first kappa shape index (κ1) is 56.2. The minimum atomic E-state index is -0.136. The lowest BCUT2D eigenvalue weighted by molar-refractivity contribution is 0.130. The average molecular weight is 1130 g/mol. The van der Waals surface area contributed by atoms with E-state index >= 15 is 0 Å². The topological polar surface area (TPSA) is 15.7 Å². The average Bonchev–Trinajstić information content (AvgIpc) is 1.68. The zero-order valence-corrected chi connectivity index (χ0v) is 51.0. The molecule has 2 fully saturated rings. The monoisotopic (exact) mass is 1130 g/mol. The minimum absolute atomic E-state index is 0.136. The van der Waals surface area contributed by atoms with Crippen LogP contribution in [-0.2, 0) is 10.2 Å². The molecular weight excluding hydrogens is 1040 g/mol. The summed E-state index contributed by atoms with van der Waals surface area (Å²) < 4.78 is 6.72. The highest BCUT2D eigenvalue weighted by atomic mass is 16.5. The molecule has 86 heavy (non-hydrogen) atoms. The van der Waals surface area contributed by atoms with Crippen LogP contribution >= 0.6 is 0 Å². The van der Waals surface area contributed by atoms with Gasteiger partial charge in [-0.3, -0.25) is 0 Å². The zero-order valence-electron chi connectivity index (χ0n) is 51.0. The fourth-order valence-corrected chi connectivity index (χ4v) is 17.3. The van der Waals surface area contributed by atoms with Gasteiger partial charge < -0.3 is 14.5 Å². The minimum Gasteiger partial charge on any atom is -0.498 e. The van der Waals surface area contributed by atoms with Gasteiger partial charge in [-0.05, 0) is 198 Å². The van der Waals surface area contributed by atoms with Gasteiger partial charge in [0.2, 0.25) is 0 Å². The first-order chi connectivity index (χ1) is 42.3. The standard InChI is InChI=1S/C83H88N2O/c1-5-59-29-33-61(34-30-59)64-37-38-66-52-73(46-41-65(66)51-64)86-56-57(3)20-18-19-49-83(69-21-10-7-11-22-69)78-28-17-16-27-74(78)75-50-58(4)82(55-79(75)83)84(70-23-12-8-13-24-70)72-44-39-63(40-45-72)68-43-48-81-77(54-68)76-53-67(62-35-31-60(6-2)32-36-62)42-47-80(76)85(81)71-25-14-9-15-26-71/h5-8,10-14,16-17,21-36,39-40,43-44,47-48,50,52,54-55,57-58,64-67,72,74,76,78,82H,1-2,9,15,18-20,37-38,41-42,45-46,49,51,53,56H2,3-4H3/t57-,58?,64?,65?,66?,67?,72?,74?,76?,78?,82?,83?/m1/s1. The molecule has 1 heterocycles. The third-order valence-electron chi connectivity index (χ3n) is 21.8. The lowest BCUT2D eigenvalue weighted by atomic mass is 9.64. The first-order valence-electron chi connectivity index (χ1n) is 33.2. The van der Waals surface area contributed by atoms with Gasteiger partial charge in [-0.15, -0.1) is 0 Å². The second-order valence-corrected chi connectivity index (χ2v) is 26.9. The summed E-state index contributed by atoms with van der Waals surface area (Å²) in [4.78, 5) is 5.37. The number of ether oxygens (including phenoxy) is 1. The van der Waals surface area contributed by atoms with Crippen LogP contribution in [0.5, 0.6) is 0 Å². The fourth-order valence-electron chi connectivity index (χ4n) is 17.3. The maximum absolute atomic E-state index is 6.72. The van der Waals surface area contributed by atoms with E-state index in [2.05, 4.69) is 249 Å². The predicted molar refractivity (Wildman–Crippen MR) is 363 cm³/mol. The van der Waals surface area contributed by atoms with E-state index in [9.17, 15) is 0 Å². The van der Waals surface area contributed by atoms with E-state index in [1.807, 2.05) is 12.2 Å². The summed E-state index contributed by atoms with van der Waals surface area (Å²) >= 11 is 0. The number of allylic oxidation sites excluding steroid dienone is 15. The molecule has 5 aromatic carbocycles. The Labute approximate surface area is 514 Å². The first-order valence-corrected chi connectivity index (χ1v) is 33.2. The van der Waals surface area contributed by atoms with E-state index in [1.54, 1.807) is 11.1 Å². The SMILES string of the molecule is C=Cc1ccc(C2CC=C3C(C2)c2cc(C4=CCC(N(c5ccccc5)C5C=C6C(=CC5C)C5C=CC=CC5C6(CCCC[C@@H](C)COC5=CC6CCC(c7ccc(C=C)cc7)CC6CC5)c5ccccc5)C=C4)ccc2N3C2=CCCC=C2)cc1. The van der Waals surface area contributed by atoms with Crippen molar-refractivity contribution >= 4 is 29.1 Å². The second kappa shape index (κ2) is 24.6. The van der Waals surface area contributed by atoms with Crippen LogP contribution in [0.2, 0.25) is 0 Å². The molecule has 0 spiro atoms. The number of para-hydroxylation sites is 1. The van der Waals surface area contributed by atoms with Gasteiger partial charge in [0, 0.05) is 52.4 Å². The molecule has 0 radical (unpaired) electrons. The van der Waals surface area contributed by atoms with Crippen LogP contribution in [0.4, 0.5) is 11.4 Å². The summed E-state index contributed by atoms with van der Waals surface area (Å²) in [6.07, 6.45) is 55.1. The summed E-state index contributed by atoms with van der Waals surface area (Å²) in [5.41, 5.74) is 19.3. The third kappa shape index (κ3) is 10.8. The zero-order chi connectivity index (χ0) is 58.1. The number of fused-ring (bicyclic) bond motifs is 7. The molecule has 3 nitrogen and oxygen atoms in total. The van der Waals surface area contributed by atoms with Crippen molar-refractivity contribution in [2.24, 2.45) is 35.5 Å². The van der Waals surface area contributed by atoms with Gasteiger partial charge in [-0.2, -0.15) is 0 Å². The van der Waals surface area contributed by atoms with E-state index in [0.717, 1.165) is 57.5 Å². The normalized spacial score (nSPS) is 28.9. The maximum Gasteiger partial charge on any atom is 0.0923 e. The number of nitrogens with zero attached hydrogens (tertiary/aromatic N) is 2. The molecule has 2 saturated carbocycles. The number of hydrogen-bond donors (Lipinski definition) is 0. The number of rotatable bonds is 18. The van der Waals surface area contributed by atoms with Crippen LogP contribution in [0.3, 0.4) is 0 Å². The van der Waals surface area contributed by atoms with Crippen molar-refractivity contribution in [2.75, 3.05) is 16.4 Å². The van der Waals surface area contributed by atoms with Crippen LogP contribution in [0, 0.1) is 35.5 Å². The Kier molecular flexibility index (Phi) is 16.1. The molecular formula is C83H88N2O. The Morgan fingerprint density at radius 3 is 2.23 bits per heavy atom. The van der Waals surface area contributed by atoms with Crippen LogP contribution < -0.4 is 9.80 Å². The van der Waals surface area contributed by atoms with Crippen LogP contribution in [-0.4, -0.2) is 18.7 Å². The molecule has 5 aromatic rings. The highest BCUT2D eigenvalue weighted by molar-refractivity contribution is 5.82. The summed E-state index contributed by atoms with van der Waals surface area (Å²) in [5.74, 6) is 5.74. The van der Waals surface area contributed by atoms with Crippen molar-refractivity contribution < 1.29 is 4.74 Å². The summed E-state index contributed by atoms with van der Waals surface area (Å²) in [6.45, 7) is 13.7. The van der Waals surface area contributed by atoms with Crippen molar-refractivity contribution in [1.29, 1.82) is 0 Å². The molecule has 0 N–H and O–H groups in total. The second-order valence-electron chi connectivity index (χ2n) is 26.9. The molecule has 14 rings (SSSR count). The molecule has 11 unspecified atom stereocenters. The Morgan fingerprint density at radius 2 is 1.49 bits per heavy atom. The van der Waals surface area contributed by atoms with Crippen molar-refractivity contribution in [2.45, 2.75) is 139 Å². The van der Waals surface area contributed by atoms with Gasteiger partial charge in [0.15, 0.2) is 0 Å². The van der Waals surface area contributed by atoms with Crippen molar-refractivity contribution in [3.05, 3.63) is 293 Å². The lowest BCUT2D eigenvalue weighted by Gasteiger charge is -2.44. The predicted octanol–water partition coefficient (Wildman–Crippen LogP) is 21.1. The molecule has 0 bridgehead atoms. The van der Waals surface area contributed by atoms with E-state index < -0.39 is 0 Å². The van der Waals surface area contributed by atoms with Crippen LogP contribution in [0.1, 0.15) is 160 Å². The summed E-state index contributed by atoms with van der Waals surface area (Å²) in [5, 5.41) is 0. The third-order valence-corrected chi connectivity index (χ3v) is 21.8. The molecule has 0 aromatic heterocycles. The summed E-state index contributed by atoms with van der Waals surface area (Å²) in [7, 11) is 0. The van der Waals surface area contributed by atoms with Gasteiger partial charge in [0.1, 0.15) is 0 Å². The Morgan fingerprint density at radius 1 is 0.721 bits per heavy atom. The molecule has 0 amide bonds. The number of unbranched alkanes of at least 4 members (excludes halogenated alkanes) is 1. The molecule has 8 aliphatic carbocycles. The van der Waals surface area contributed by atoms with Crippen LogP contribution in [0.15, 0.2) is 254 Å². The van der Waals surface area contributed by atoms with Crippen molar-refractivity contribution in [1.82, 2.24) is 0 Å². The fraction of sp³-hybridized carbons (Fsp3) is 0.349. The number of anilines is 2. The molecule has 1 aliphatic heterocycles. The highest BCUT2D eigenvalue weighted by Crippen LogP contribution is 2.62. The molecule has 9 aliphatic rings. The van der Waals surface area contributed by atoms with Crippen molar-refractivity contribution in [3.8, 4) is 0 Å². The number of benzene rings is 5. The number of hydrogen-bond acceptors (Lipinski definition) is 3. The lowest BCUT2D eigenvalue weighted by Crippen LogP contribution is -2.46. The molecule has 0 saturated heterocycles. The van der Waals surface area contributed by atoms with Crippen LogP contribution in [0.25, 0.3) is 17.7 Å². The Hall–Kier alpha value is -7.62. The summed E-state index contributed by atoms with van der Waals surface area (Å²) in [6, 6.07) is 49.0. The Bertz CT molecular complexity index is 3630. The van der Waals surface area contributed by atoms with Gasteiger partial charge >= 0.3 is 0 Å². The van der Waals surface area contributed by atoms with Gasteiger partial charge in [0.25, 0.3) is 0 Å². The molecule has 436 valence electrons.